The van der Waals surface area contributed by atoms with Gasteiger partial charge in [-0.2, -0.15) is 0 Å². The van der Waals surface area contributed by atoms with Gasteiger partial charge in [0.05, 0.1) is 27.7 Å². The number of hydrogen-bond donors (Lipinski definition) is 0. The summed E-state index contributed by atoms with van der Waals surface area (Å²) in [6.45, 7) is 4.24. The first kappa shape index (κ1) is 71.7. The summed E-state index contributed by atoms with van der Waals surface area (Å²) < 4.78 is 34.2. The summed E-state index contributed by atoms with van der Waals surface area (Å²) in [5.41, 5.74) is 0. The maximum absolute atomic E-state index is 12.8. The number of unbranched alkanes of at least 4 members (excludes halogenated alkanes) is 33. The molecule has 0 aliphatic rings. The molecule has 0 radical (unpaired) electrons. The molecule has 0 saturated heterocycles. The molecule has 0 rings (SSSR count). The van der Waals surface area contributed by atoms with E-state index in [1.165, 1.54) is 193 Å². The van der Waals surface area contributed by atoms with E-state index in [1.807, 2.05) is 21.1 Å². The summed E-state index contributed by atoms with van der Waals surface area (Å²) in [6, 6.07) is 0. The highest BCUT2D eigenvalue weighted by Gasteiger charge is 2.22. The summed E-state index contributed by atoms with van der Waals surface area (Å²) in [6.07, 6.45) is 71.2. The molecular formula is C64H118NO8P. The molecule has 0 aromatic carbocycles. The summed E-state index contributed by atoms with van der Waals surface area (Å²) in [5.74, 6) is -0.830. The van der Waals surface area contributed by atoms with Gasteiger partial charge < -0.3 is 27.9 Å². The number of phosphoric ester groups is 1. The van der Waals surface area contributed by atoms with Gasteiger partial charge in [-0.05, 0) is 83.5 Å². The molecule has 0 heterocycles. The Bertz CT molecular complexity index is 1430. The number of hydrogen-bond acceptors (Lipinski definition) is 8. The molecule has 9 nitrogen and oxygen atoms in total. The normalized spacial score (nSPS) is 13.6. The quantitative estimate of drug-likeness (QED) is 0.0195. The molecule has 0 amide bonds. The Morgan fingerprint density at radius 2 is 0.730 bits per heavy atom. The first-order valence-corrected chi connectivity index (χ1v) is 32.5. The van der Waals surface area contributed by atoms with E-state index in [4.69, 9.17) is 18.5 Å². The number of nitrogens with zero attached hydrogens (tertiary/aromatic N) is 1. The Hall–Kier alpha value is -2.29. The van der Waals surface area contributed by atoms with Gasteiger partial charge in [-0.25, -0.2) is 0 Å². The van der Waals surface area contributed by atoms with E-state index in [0.29, 0.717) is 17.4 Å². The van der Waals surface area contributed by atoms with E-state index in [0.717, 1.165) is 57.8 Å². The fraction of sp³-hybridized carbons (Fsp3) is 0.812. The van der Waals surface area contributed by atoms with Crippen LogP contribution in [-0.4, -0.2) is 70.0 Å². The summed E-state index contributed by atoms with van der Waals surface area (Å²) in [4.78, 5) is 37.9. The molecule has 0 aromatic heterocycles. The lowest BCUT2D eigenvalue weighted by molar-refractivity contribution is -0.870. The second-order valence-corrected chi connectivity index (χ2v) is 23.5. The number of quaternary nitrogens is 1. The molecule has 0 fully saturated rings. The van der Waals surface area contributed by atoms with Crippen LogP contribution in [0.1, 0.15) is 284 Å². The summed E-state index contributed by atoms with van der Waals surface area (Å²) >= 11 is 0. The zero-order valence-electron chi connectivity index (χ0n) is 49.0. The average Bonchev–Trinajstić information content (AvgIpc) is 3.36. The van der Waals surface area contributed by atoms with Crippen molar-refractivity contribution in [1.29, 1.82) is 0 Å². The van der Waals surface area contributed by atoms with Gasteiger partial charge in [-0.15, -0.1) is 0 Å². The summed E-state index contributed by atoms with van der Waals surface area (Å²) in [5, 5.41) is 0. The standard InChI is InChI=1S/C64H118NO8P/c1-6-8-10-12-14-16-18-20-22-24-26-28-30-31-32-33-35-37-39-41-43-45-47-49-51-53-55-57-64(67)73-62(61-72-74(68,69)71-59-58-65(3,4)5)60-70-63(66)56-54-52-50-48-46-44-42-40-38-36-34-29-27-25-23-21-19-17-15-13-11-9-7-2/h18-21,24-27,30-31,62H,6-17,22-23,28-29,32-61H2,1-5H3/b20-18-,21-19-,26-24-,27-25-,31-30-. The number of carbonyl (C=O) groups excluding carboxylic acids is 2. The van der Waals surface area contributed by atoms with Crippen molar-refractivity contribution in [3.63, 3.8) is 0 Å². The fourth-order valence-corrected chi connectivity index (χ4v) is 9.42. The van der Waals surface area contributed by atoms with E-state index < -0.39 is 26.5 Å². The van der Waals surface area contributed by atoms with Crippen LogP contribution in [0.2, 0.25) is 0 Å². The van der Waals surface area contributed by atoms with Gasteiger partial charge in [-0.1, -0.05) is 248 Å². The van der Waals surface area contributed by atoms with Crippen molar-refractivity contribution in [1.82, 2.24) is 0 Å². The van der Waals surface area contributed by atoms with Crippen LogP contribution in [-0.2, 0) is 32.7 Å². The Labute approximate surface area is 457 Å². The second kappa shape index (κ2) is 55.5. The van der Waals surface area contributed by atoms with Crippen LogP contribution in [0.5, 0.6) is 0 Å². The Morgan fingerprint density at radius 3 is 1.08 bits per heavy atom. The number of carbonyl (C=O) groups is 2. The zero-order valence-corrected chi connectivity index (χ0v) is 49.9. The molecule has 0 aromatic rings. The highest BCUT2D eigenvalue weighted by Crippen LogP contribution is 2.38. The van der Waals surface area contributed by atoms with Gasteiger partial charge in [0.1, 0.15) is 19.8 Å². The van der Waals surface area contributed by atoms with E-state index in [2.05, 4.69) is 74.6 Å². The van der Waals surface area contributed by atoms with Crippen molar-refractivity contribution in [2.45, 2.75) is 290 Å². The van der Waals surface area contributed by atoms with Gasteiger partial charge in [-0.3, -0.25) is 14.2 Å². The smallest absolute Gasteiger partial charge is 0.306 e. The maximum atomic E-state index is 12.8. The SMILES string of the molecule is CCCCCCC/C=C\C/C=C\C/C=C\CCCCCCCCCCCCCCC(=O)OC(COC(=O)CCCCCCCCCCCCC/C=C\C/C=C\CCCCCCC)COP(=O)([O-])OCC[N+](C)(C)C. The lowest BCUT2D eigenvalue weighted by atomic mass is 10.0. The number of rotatable bonds is 57. The molecule has 0 saturated carbocycles. The number of likely N-dealkylation sites (N-methyl/N-ethyl adjacent to an activating group) is 1. The zero-order chi connectivity index (χ0) is 54.2. The topological polar surface area (TPSA) is 111 Å². The van der Waals surface area contributed by atoms with Crippen LogP contribution in [0.25, 0.3) is 0 Å². The van der Waals surface area contributed by atoms with Crippen LogP contribution >= 0.6 is 7.82 Å². The van der Waals surface area contributed by atoms with Crippen LogP contribution in [0.15, 0.2) is 60.8 Å². The number of allylic oxidation sites excluding steroid dienone is 10. The van der Waals surface area contributed by atoms with Crippen molar-refractivity contribution in [2.24, 2.45) is 0 Å². The molecule has 0 aliphatic carbocycles. The molecule has 0 N–H and O–H groups in total. The van der Waals surface area contributed by atoms with Crippen molar-refractivity contribution in [3.05, 3.63) is 60.8 Å². The van der Waals surface area contributed by atoms with Gasteiger partial charge >= 0.3 is 11.9 Å². The van der Waals surface area contributed by atoms with Crippen molar-refractivity contribution >= 4 is 19.8 Å². The predicted octanol–water partition coefficient (Wildman–Crippen LogP) is 18.9. The van der Waals surface area contributed by atoms with Gasteiger partial charge in [0, 0.05) is 12.8 Å². The predicted molar refractivity (Wildman–Crippen MR) is 314 cm³/mol. The molecular weight excluding hydrogens is 942 g/mol. The summed E-state index contributed by atoms with van der Waals surface area (Å²) in [7, 11) is 1.17. The van der Waals surface area contributed by atoms with Crippen LogP contribution in [0.4, 0.5) is 0 Å². The van der Waals surface area contributed by atoms with Crippen molar-refractivity contribution in [2.75, 3.05) is 47.5 Å². The molecule has 0 aliphatic heterocycles. The highest BCUT2D eigenvalue weighted by atomic mass is 31.2. The third kappa shape index (κ3) is 59.0. The molecule has 2 atom stereocenters. The van der Waals surface area contributed by atoms with Crippen molar-refractivity contribution < 1.29 is 42.1 Å². The molecule has 74 heavy (non-hydrogen) atoms. The number of esters is 2. The Kier molecular flexibility index (Phi) is 53.7. The molecule has 2 unspecified atom stereocenters. The van der Waals surface area contributed by atoms with E-state index in [1.54, 1.807) is 0 Å². The van der Waals surface area contributed by atoms with Crippen LogP contribution < -0.4 is 4.89 Å². The monoisotopic (exact) mass is 1060 g/mol. The maximum Gasteiger partial charge on any atom is 0.306 e. The number of ether oxygens (including phenoxy) is 2. The van der Waals surface area contributed by atoms with Crippen LogP contribution in [0, 0.1) is 0 Å². The van der Waals surface area contributed by atoms with E-state index >= 15 is 0 Å². The second-order valence-electron chi connectivity index (χ2n) is 22.1. The van der Waals surface area contributed by atoms with Crippen molar-refractivity contribution in [3.8, 4) is 0 Å². The molecule has 10 heteroatoms. The third-order valence-electron chi connectivity index (χ3n) is 13.5. The largest absolute Gasteiger partial charge is 0.756 e. The lowest BCUT2D eigenvalue weighted by Crippen LogP contribution is -2.37. The van der Waals surface area contributed by atoms with E-state index in [-0.39, 0.29) is 32.0 Å². The van der Waals surface area contributed by atoms with Gasteiger partial charge in [0.25, 0.3) is 7.82 Å². The fourth-order valence-electron chi connectivity index (χ4n) is 8.69. The number of phosphoric acid groups is 1. The minimum atomic E-state index is -4.64. The molecule has 432 valence electrons. The highest BCUT2D eigenvalue weighted by molar-refractivity contribution is 7.45. The van der Waals surface area contributed by atoms with Gasteiger partial charge in [0.2, 0.25) is 0 Å². The molecule has 0 bridgehead atoms. The van der Waals surface area contributed by atoms with E-state index in [9.17, 15) is 19.0 Å². The first-order chi connectivity index (χ1) is 36.0. The molecule has 0 spiro atoms. The minimum Gasteiger partial charge on any atom is -0.756 e. The average molecular weight is 1060 g/mol. The Morgan fingerprint density at radius 1 is 0.419 bits per heavy atom. The van der Waals surface area contributed by atoms with Gasteiger partial charge in [0.15, 0.2) is 6.10 Å². The Balaban J connectivity index is 4.13. The lowest BCUT2D eigenvalue weighted by Gasteiger charge is -2.28. The third-order valence-corrected chi connectivity index (χ3v) is 14.5. The van der Waals surface area contributed by atoms with Crippen LogP contribution in [0.3, 0.4) is 0 Å². The first-order valence-electron chi connectivity index (χ1n) is 31.0. The minimum absolute atomic E-state index is 0.0325.